The van der Waals surface area contributed by atoms with Crippen molar-refractivity contribution in [2.45, 2.75) is 25.9 Å². The number of nitrogens with one attached hydrogen (secondary N) is 1. The number of hydrogen-bond acceptors (Lipinski definition) is 4. The minimum Gasteiger partial charge on any atom is -0.399 e. The van der Waals surface area contributed by atoms with Crippen LogP contribution in [0.15, 0.2) is 24.3 Å². The van der Waals surface area contributed by atoms with Crippen LogP contribution >= 0.6 is 11.3 Å². The summed E-state index contributed by atoms with van der Waals surface area (Å²) in [6.45, 7) is 2.30. The van der Waals surface area contributed by atoms with Gasteiger partial charge in [0.25, 0.3) is 5.91 Å². The SMILES string of the molecule is CCCC(O)CNC(=O)c1cc2cc(N)ccc2s1. The Morgan fingerprint density at radius 1 is 1.47 bits per heavy atom. The van der Waals surface area contributed by atoms with Gasteiger partial charge in [0.2, 0.25) is 0 Å². The molecule has 1 atom stereocenters. The van der Waals surface area contributed by atoms with E-state index < -0.39 is 6.10 Å². The number of nitrogen functional groups attached to an aromatic ring is 1. The van der Waals surface area contributed by atoms with Crippen LogP contribution in [0.4, 0.5) is 5.69 Å². The topological polar surface area (TPSA) is 75.3 Å². The number of thiophene rings is 1. The van der Waals surface area contributed by atoms with E-state index in [1.165, 1.54) is 11.3 Å². The van der Waals surface area contributed by atoms with Crippen molar-refractivity contribution < 1.29 is 9.90 Å². The Kier molecular flexibility index (Phi) is 4.39. The molecule has 0 spiro atoms. The highest BCUT2D eigenvalue weighted by molar-refractivity contribution is 7.20. The molecular weight excluding hydrogens is 260 g/mol. The molecule has 0 aliphatic heterocycles. The van der Waals surface area contributed by atoms with Crippen molar-refractivity contribution in [3.63, 3.8) is 0 Å². The molecule has 4 N–H and O–H groups in total. The zero-order valence-corrected chi connectivity index (χ0v) is 11.7. The molecule has 1 heterocycles. The molecule has 1 aromatic carbocycles. The van der Waals surface area contributed by atoms with Gasteiger partial charge in [0.1, 0.15) is 0 Å². The van der Waals surface area contributed by atoms with Gasteiger partial charge in [-0.15, -0.1) is 11.3 Å². The van der Waals surface area contributed by atoms with Crippen LogP contribution in [0.2, 0.25) is 0 Å². The zero-order chi connectivity index (χ0) is 13.8. The number of carbonyl (C=O) groups is 1. The summed E-state index contributed by atoms with van der Waals surface area (Å²) in [5.74, 6) is -0.144. The Morgan fingerprint density at radius 2 is 2.26 bits per heavy atom. The number of rotatable bonds is 5. The molecule has 2 rings (SSSR count). The molecule has 1 amide bonds. The number of benzene rings is 1. The molecule has 0 saturated heterocycles. The van der Waals surface area contributed by atoms with Gasteiger partial charge in [-0.2, -0.15) is 0 Å². The Bertz CT molecular complexity index is 580. The third-order valence-electron chi connectivity index (χ3n) is 2.88. The Morgan fingerprint density at radius 3 is 3.00 bits per heavy atom. The number of hydrogen-bond donors (Lipinski definition) is 3. The van der Waals surface area contributed by atoms with E-state index in [1.807, 2.05) is 31.2 Å². The lowest BCUT2D eigenvalue weighted by Crippen LogP contribution is -2.31. The molecule has 0 aliphatic rings. The second-order valence-corrected chi connectivity index (χ2v) is 5.64. The van der Waals surface area contributed by atoms with Crippen LogP contribution in [0, 0.1) is 0 Å². The van der Waals surface area contributed by atoms with Gasteiger partial charge in [-0.25, -0.2) is 0 Å². The Labute approximate surface area is 116 Å². The van der Waals surface area contributed by atoms with Crippen LogP contribution in [0.25, 0.3) is 10.1 Å². The van der Waals surface area contributed by atoms with Gasteiger partial charge in [0.15, 0.2) is 0 Å². The van der Waals surface area contributed by atoms with Gasteiger partial charge in [-0.3, -0.25) is 4.79 Å². The summed E-state index contributed by atoms with van der Waals surface area (Å²) < 4.78 is 1.04. The second-order valence-electron chi connectivity index (χ2n) is 4.56. The summed E-state index contributed by atoms with van der Waals surface area (Å²) >= 11 is 1.43. The summed E-state index contributed by atoms with van der Waals surface area (Å²) in [6.07, 6.45) is 1.13. The minimum absolute atomic E-state index is 0.144. The number of anilines is 1. The highest BCUT2D eigenvalue weighted by Crippen LogP contribution is 2.27. The van der Waals surface area contributed by atoms with E-state index in [2.05, 4.69) is 5.32 Å². The normalized spacial score (nSPS) is 12.5. The minimum atomic E-state index is -0.473. The maximum Gasteiger partial charge on any atom is 0.261 e. The summed E-state index contributed by atoms with van der Waals surface area (Å²) in [4.78, 5) is 12.6. The first-order valence-corrected chi connectivity index (χ1v) is 7.17. The summed E-state index contributed by atoms with van der Waals surface area (Å²) in [5, 5.41) is 13.3. The summed E-state index contributed by atoms with van der Waals surface area (Å²) in [7, 11) is 0. The van der Waals surface area contributed by atoms with Gasteiger partial charge in [-0.1, -0.05) is 13.3 Å². The fourth-order valence-corrected chi connectivity index (χ4v) is 2.87. The highest BCUT2D eigenvalue weighted by atomic mass is 32.1. The monoisotopic (exact) mass is 278 g/mol. The molecule has 0 radical (unpaired) electrons. The quantitative estimate of drug-likeness (QED) is 0.735. The van der Waals surface area contributed by atoms with Crippen LogP contribution in [0.5, 0.6) is 0 Å². The molecule has 5 heteroatoms. The lowest BCUT2D eigenvalue weighted by atomic mass is 10.2. The van der Waals surface area contributed by atoms with Gasteiger partial charge in [0, 0.05) is 16.9 Å². The predicted octanol–water partition coefficient (Wildman–Crippen LogP) is 2.37. The van der Waals surface area contributed by atoms with Gasteiger partial charge < -0.3 is 16.2 Å². The van der Waals surface area contributed by atoms with E-state index in [1.54, 1.807) is 0 Å². The van der Waals surface area contributed by atoms with Crippen molar-refractivity contribution in [2.75, 3.05) is 12.3 Å². The van der Waals surface area contributed by atoms with Gasteiger partial charge in [0.05, 0.1) is 11.0 Å². The van der Waals surface area contributed by atoms with Crippen molar-refractivity contribution in [1.29, 1.82) is 0 Å². The lowest BCUT2D eigenvalue weighted by Gasteiger charge is -2.09. The number of carbonyl (C=O) groups excluding carboxylic acids is 1. The van der Waals surface area contributed by atoms with Crippen molar-refractivity contribution in [3.05, 3.63) is 29.1 Å². The third-order valence-corrected chi connectivity index (χ3v) is 4.00. The smallest absolute Gasteiger partial charge is 0.261 e. The second kappa shape index (κ2) is 6.04. The van der Waals surface area contributed by atoms with E-state index in [0.717, 1.165) is 16.5 Å². The zero-order valence-electron chi connectivity index (χ0n) is 10.8. The maximum absolute atomic E-state index is 12.0. The molecule has 0 bridgehead atoms. The van der Waals surface area contributed by atoms with Crippen molar-refractivity contribution in [2.24, 2.45) is 0 Å². The molecule has 102 valence electrons. The van der Waals surface area contributed by atoms with E-state index in [4.69, 9.17) is 5.73 Å². The largest absolute Gasteiger partial charge is 0.399 e. The fraction of sp³-hybridized carbons (Fsp3) is 0.357. The van der Waals surface area contributed by atoms with Crippen LogP contribution in [0.3, 0.4) is 0 Å². The van der Waals surface area contributed by atoms with E-state index in [-0.39, 0.29) is 5.91 Å². The molecule has 0 fully saturated rings. The Balaban J connectivity index is 2.05. The standard InChI is InChI=1S/C14H18N2O2S/c1-2-3-11(17)8-16-14(18)13-7-9-6-10(15)4-5-12(9)19-13/h4-7,11,17H,2-3,8,15H2,1H3,(H,16,18). The number of fused-ring (bicyclic) bond motifs is 1. The number of nitrogens with two attached hydrogens (primary N) is 1. The average molecular weight is 278 g/mol. The van der Waals surface area contributed by atoms with E-state index in [9.17, 15) is 9.90 Å². The van der Waals surface area contributed by atoms with Crippen LogP contribution in [0.1, 0.15) is 29.4 Å². The lowest BCUT2D eigenvalue weighted by molar-refractivity contribution is 0.0914. The number of aliphatic hydroxyl groups is 1. The van der Waals surface area contributed by atoms with Crippen molar-refractivity contribution in [3.8, 4) is 0 Å². The molecule has 2 aromatic rings. The first-order valence-electron chi connectivity index (χ1n) is 6.35. The van der Waals surface area contributed by atoms with E-state index in [0.29, 0.717) is 23.5 Å². The summed E-state index contributed by atoms with van der Waals surface area (Å²) in [5.41, 5.74) is 6.40. The van der Waals surface area contributed by atoms with Gasteiger partial charge >= 0.3 is 0 Å². The number of amides is 1. The highest BCUT2D eigenvalue weighted by Gasteiger charge is 2.11. The van der Waals surface area contributed by atoms with E-state index >= 15 is 0 Å². The van der Waals surface area contributed by atoms with Crippen LogP contribution < -0.4 is 11.1 Å². The first kappa shape index (κ1) is 13.8. The summed E-state index contributed by atoms with van der Waals surface area (Å²) in [6, 6.07) is 7.43. The van der Waals surface area contributed by atoms with Crippen molar-refractivity contribution in [1.82, 2.24) is 5.32 Å². The van der Waals surface area contributed by atoms with Crippen LogP contribution in [-0.4, -0.2) is 23.7 Å². The maximum atomic E-state index is 12.0. The predicted molar refractivity (Wildman–Crippen MR) is 79.5 cm³/mol. The van der Waals surface area contributed by atoms with Crippen molar-refractivity contribution >= 4 is 33.0 Å². The fourth-order valence-electron chi connectivity index (χ4n) is 1.91. The molecule has 19 heavy (non-hydrogen) atoms. The van der Waals surface area contributed by atoms with Crippen LogP contribution in [-0.2, 0) is 0 Å². The molecule has 0 saturated carbocycles. The molecule has 1 unspecified atom stereocenters. The molecule has 4 nitrogen and oxygen atoms in total. The third kappa shape index (κ3) is 3.45. The number of aliphatic hydroxyl groups excluding tert-OH is 1. The molecule has 1 aromatic heterocycles. The Hall–Kier alpha value is -1.59. The first-order chi connectivity index (χ1) is 9.10. The van der Waals surface area contributed by atoms with Gasteiger partial charge in [-0.05, 0) is 36.1 Å². The average Bonchev–Trinajstić information content (AvgIpc) is 2.79. The molecule has 0 aliphatic carbocycles. The molecular formula is C14H18N2O2S.